The lowest BCUT2D eigenvalue weighted by Gasteiger charge is -2.46. The Kier molecular flexibility index (Phi) is 2.78. The predicted octanol–water partition coefficient (Wildman–Crippen LogP) is 2.45. The smallest absolute Gasteiger partial charge is 0.0530 e. The highest BCUT2D eigenvalue weighted by Crippen LogP contribution is 2.41. The van der Waals surface area contributed by atoms with Gasteiger partial charge in [-0.3, -0.25) is 4.99 Å². The van der Waals surface area contributed by atoms with Crippen LogP contribution in [-0.2, 0) is 0 Å². The standard InChI is InChI=1S/C14H23N2/c1-9-3-5-11-12-6-4-10(2)16-14(12)8-15-13(11)7-9/h3,8-14,16H,4-7H2,1-2H3. The number of hydrogen-bond donors (Lipinski definition) is 1. The maximum atomic E-state index is 4.81. The number of nitrogens with zero attached hydrogens (tertiary/aromatic N) is 1. The van der Waals surface area contributed by atoms with Gasteiger partial charge in [0, 0.05) is 18.3 Å². The third-order valence-electron chi connectivity index (χ3n) is 4.78. The Bertz CT molecular complexity index is 258. The number of nitrogens with one attached hydrogen (secondary N) is 1. The van der Waals surface area contributed by atoms with Gasteiger partial charge in [0.1, 0.15) is 0 Å². The quantitative estimate of drug-likeness (QED) is 0.665. The summed E-state index contributed by atoms with van der Waals surface area (Å²) in [6.45, 7) is 4.63. The van der Waals surface area contributed by atoms with Crippen molar-refractivity contribution in [2.75, 3.05) is 0 Å². The van der Waals surface area contributed by atoms with Gasteiger partial charge in [0.25, 0.3) is 0 Å². The number of hydrogen-bond acceptors (Lipinski definition) is 2. The van der Waals surface area contributed by atoms with Gasteiger partial charge in [0.2, 0.25) is 0 Å². The van der Waals surface area contributed by atoms with Crippen LogP contribution in [0.15, 0.2) is 4.99 Å². The second-order valence-corrected chi connectivity index (χ2v) is 6.05. The molecule has 1 aliphatic carbocycles. The van der Waals surface area contributed by atoms with Crippen molar-refractivity contribution in [1.82, 2.24) is 5.32 Å². The summed E-state index contributed by atoms with van der Waals surface area (Å²) in [7, 11) is 0. The van der Waals surface area contributed by atoms with E-state index in [1.165, 1.54) is 25.7 Å². The summed E-state index contributed by atoms with van der Waals surface area (Å²) in [4.78, 5) is 4.81. The third-order valence-corrected chi connectivity index (χ3v) is 4.78. The fourth-order valence-electron chi connectivity index (χ4n) is 3.82. The van der Waals surface area contributed by atoms with Crippen LogP contribution in [0.3, 0.4) is 0 Å². The Morgan fingerprint density at radius 1 is 1.19 bits per heavy atom. The monoisotopic (exact) mass is 219 g/mol. The molecule has 89 valence electrons. The molecule has 1 radical (unpaired) electrons. The van der Waals surface area contributed by atoms with E-state index < -0.39 is 0 Å². The molecule has 2 aliphatic heterocycles. The van der Waals surface area contributed by atoms with Gasteiger partial charge < -0.3 is 5.32 Å². The van der Waals surface area contributed by atoms with E-state index >= 15 is 0 Å². The Labute approximate surface area is 98.9 Å². The minimum Gasteiger partial charge on any atom is -0.306 e. The van der Waals surface area contributed by atoms with E-state index in [1.54, 1.807) is 0 Å². The van der Waals surface area contributed by atoms with Crippen LogP contribution in [0.25, 0.3) is 0 Å². The molecule has 16 heavy (non-hydrogen) atoms. The first-order valence-electron chi connectivity index (χ1n) is 6.86. The van der Waals surface area contributed by atoms with Gasteiger partial charge in [-0.25, -0.2) is 0 Å². The zero-order valence-electron chi connectivity index (χ0n) is 10.4. The molecule has 0 spiro atoms. The summed E-state index contributed by atoms with van der Waals surface area (Å²) in [5.74, 6) is 2.44. The van der Waals surface area contributed by atoms with Crippen LogP contribution in [0.5, 0.6) is 0 Å². The highest BCUT2D eigenvalue weighted by Gasteiger charge is 2.41. The first kappa shape index (κ1) is 10.8. The number of piperidine rings is 1. The molecule has 3 rings (SSSR count). The van der Waals surface area contributed by atoms with Crippen molar-refractivity contribution in [2.45, 2.75) is 57.7 Å². The van der Waals surface area contributed by atoms with Gasteiger partial charge in [-0.05, 0) is 56.8 Å². The molecule has 6 atom stereocenters. The molecular formula is C14H23N2. The van der Waals surface area contributed by atoms with Gasteiger partial charge in [-0.2, -0.15) is 0 Å². The Balaban J connectivity index is 1.78. The molecule has 2 heterocycles. The fourth-order valence-corrected chi connectivity index (χ4v) is 3.82. The number of rotatable bonds is 0. The molecule has 1 N–H and O–H groups in total. The zero-order chi connectivity index (χ0) is 11.1. The lowest BCUT2D eigenvalue weighted by atomic mass is 9.67. The van der Waals surface area contributed by atoms with Crippen LogP contribution in [-0.4, -0.2) is 24.3 Å². The van der Waals surface area contributed by atoms with E-state index in [2.05, 4.69) is 31.8 Å². The number of fused-ring (bicyclic) bond motifs is 3. The molecule has 0 aromatic rings. The highest BCUT2D eigenvalue weighted by atomic mass is 15.0. The van der Waals surface area contributed by atoms with Gasteiger partial charge in [-0.1, -0.05) is 6.92 Å². The average molecular weight is 219 g/mol. The lowest BCUT2D eigenvalue weighted by molar-refractivity contribution is 0.143. The predicted molar refractivity (Wildman–Crippen MR) is 67.6 cm³/mol. The molecule has 6 unspecified atom stereocenters. The Morgan fingerprint density at radius 2 is 2.06 bits per heavy atom. The molecule has 0 aromatic carbocycles. The minimum absolute atomic E-state index is 0.562. The third kappa shape index (κ3) is 1.81. The van der Waals surface area contributed by atoms with Crippen molar-refractivity contribution >= 4 is 6.21 Å². The van der Waals surface area contributed by atoms with E-state index in [1.807, 2.05) is 0 Å². The van der Waals surface area contributed by atoms with Crippen molar-refractivity contribution in [2.24, 2.45) is 22.7 Å². The van der Waals surface area contributed by atoms with Crippen LogP contribution < -0.4 is 5.32 Å². The molecule has 2 heteroatoms. The number of aliphatic imine (C=N–C) groups is 1. The molecule has 1 saturated heterocycles. The van der Waals surface area contributed by atoms with E-state index in [4.69, 9.17) is 4.99 Å². The lowest BCUT2D eigenvalue weighted by Crippen LogP contribution is -2.54. The first-order valence-corrected chi connectivity index (χ1v) is 6.86. The van der Waals surface area contributed by atoms with Gasteiger partial charge in [0.05, 0.1) is 6.04 Å². The summed E-state index contributed by atoms with van der Waals surface area (Å²) in [6.07, 6.45) is 10.1. The maximum absolute atomic E-state index is 4.81. The molecule has 2 nitrogen and oxygen atoms in total. The highest BCUT2D eigenvalue weighted by molar-refractivity contribution is 5.66. The first-order chi connectivity index (χ1) is 7.74. The fraction of sp³-hybridized carbons (Fsp3) is 0.857. The maximum Gasteiger partial charge on any atom is 0.0530 e. The average Bonchev–Trinajstić information content (AvgIpc) is 2.28. The van der Waals surface area contributed by atoms with E-state index in [9.17, 15) is 0 Å². The van der Waals surface area contributed by atoms with E-state index in [0.29, 0.717) is 18.1 Å². The van der Waals surface area contributed by atoms with Gasteiger partial charge >= 0.3 is 0 Å². The normalized spacial score (nSPS) is 51.9. The van der Waals surface area contributed by atoms with Crippen molar-refractivity contribution in [3.05, 3.63) is 6.42 Å². The van der Waals surface area contributed by atoms with Crippen LogP contribution in [0.1, 0.15) is 39.5 Å². The van der Waals surface area contributed by atoms with Gasteiger partial charge in [-0.15, -0.1) is 0 Å². The molecular weight excluding hydrogens is 196 g/mol. The molecule has 2 fully saturated rings. The van der Waals surface area contributed by atoms with Crippen molar-refractivity contribution < 1.29 is 0 Å². The Hall–Kier alpha value is -0.370. The summed E-state index contributed by atoms with van der Waals surface area (Å²) in [5.41, 5.74) is 0. The second kappa shape index (κ2) is 4.14. The second-order valence-electron chi connectivity index (χ2n) is 6.05. The van der Waals surface area contributed by atoms with Crippen molar-refractivity contribution in [1.29, 1.82) is 0 Å². The van der Waals surface area contributed by atoms with Crippen LogP contribution in [0, 0.1) is 24.2 Å². The Morgan fingerprint density at radius 3 is 2.94 bits per heavy atom. The molecule has 0 aromatic heterocycles. The van der Waals surface area contributed by atoms with E-state index in [0.717, 1.165) is 17.8 Å². The summed E-state index contributed by atoms with van der Waals surface area (Å²) in [5, 5.41) is 3.70. The van der Waals surface area contributed by atoms with Crippen LogP contribution >= 0.6 is 0 Å². The molecule has 0 bridgehead atoms. The summed E-state index contributed by atoms with van der Waals surface area (Å²) < 4.78 is 0. The zero-order valence-corrected chi connectivity index (χ0v) is 10.4. The van der Waals surface area contributed by atoms with Crippen LogP contribution in [0.4, 0.5) is 0 Å². The van der Waals surface area contributed by atoms with Crippen molar-refractivity contribution in [3.63, 3.8) is 0 Å². The summed E-state index contributed by atoms with van der Waals surface area (Å²) >= 11 is 0. The molecule has 0 amide bonds. The molecule has 3 aliphatic rings. The van der Waals surface area contributed by atoms with Crippen LogP contribution in [0.2, 0.25) is 0 Å². The topological polar surface area (TPSA) is 24.4 Å². The summed E-state index contributed by atoms with van der Waals surface area (Å²) in [6, 6.07) is 1.86. The van der Waals surface area contributed by atoms with E-state index in [-0.39, 0.29) is 0 Å². The minimum atomic E-state index is 0.562. The largest absolute Gasteiger partial charge is 0.306 e. The van der Waals surface area contributed by atoms with Gasteiger partial charge in [0.15, 0.2) is 0 Å². The molecule has 1 saturated carbocycles. The SMILES string of the molecule is CC1[CH]CC2C(C1)N=CC1NC(C)CCC12. The van der Waals surface area contributed by atoms with Crippen molar-refractivity contribution in [3.8, 4) is 0 Å².